The molecule has 0 amide bonds. The Bertz CT molecular complexity index is 391. The van der Waals surface area contributed by atoms with Gasteiger partial charge in [0.1, 0.15) is 0 Å². The zero-order chi connectivity index (χ0) is 12.3. The van der Waals surface area contributed by atoms with E-state index in [1.54, 1.807) is 6.07 Å². The molecule has 94 valence electrons. The third-order valence-corrected chi connectivity index (χ3v) is 2.82. The molecule has 2 rings (SSSR count). The predicted molar refractivity (Wildman–Crippen MR) is 62.0 cm³/mol. The standard InChI is InChI=1S/C10H14ClN3O3/c11-9-3-7(5-15)10(13-12-9)14-1-2-17-8(4-14)6-16/h3,8,15-16H,1-2,4-6H2/t8-/m0/s1. The largest absolute Gasteiger partial charge is 0.394 e. The molecule has 6 nitrogen and oxygen atoms in total. The fourth-order valence-corrected chi connectivity index (χ4v) is 1.97. The minimum absolute atomic E-state index is 0.0357. The first kappa shape index (κ1) is 12.5. The number of halogens is 1. The van der Waals surface area contributed by atoms with Gasteiger partial charge in [0, 0.05) is 18.7 Å². The van der Waals surface area contributed by atoms with Gasteiger partial charge in [-0.2, -0.15) is 0 Å². The van der Waals surface area contributed by atoms with E-state index < -0.39 is 0 Å². The monoisotopic (exact) mass is 259 g/mol. The normalized spacial score (nSPS) is 20.6. The van der Waals surface area contributed by atoms with Gasteiger partial charge in [0.15, 0.2) is 11.0 Å². The number of hydrogen-bond donors (Lipinski definition) is 2. The highest BCUT2D eigenvalue weighted by Gasteiger charge is 2.23. The van der Waals surface area contributed by atoms with Crippen LogP contribution in [0.2, 0.25) is 5.15 Å². The van der Waals surface area contributed by atoms with Gasteiger partial charge in [0.05, 0.1) is 25.9 Å². The van der Waals surface area contributed by atoms with Crippen LogP contribution in [0.5, 0.6) is 0 Å². The van der Waals surface area contributed by atoms with E-state index in [-0.39, 0.29) is 24.5 Å². The fourth-order valence-electron chi connectivity index (χ4n) is 1.80. The summed E-state index contributed by atoms with van der Waals surface area (Å²) >= 11 is 5.72. The summed E-state index contributed by atoms with van der Waals surface area (Å²) in [5, 5.41) is 26.3. The molecule has 1 aliphatic rings. The molecule has 0 spiro atoms. The average molecular weight is 260 g/mol. The van der Waals surface area contributed by atoms with Crippen molar-refractivity contribution in [2.24, 2.45) is 0 Å². The number of nitrogens with zero attached hydrogens (tertiary/aromatic N) is 3. The number of aliphatic hydroxyl groups excluding tert-OH is 2. The average Bonchev–Trinajstić information content (AvgIpc) is 2.38. The van der Waals surface area contributed by atoms with E-state index in [2.05, 4.69) is 10.2 Å². The third kappa shape index (κ3) is 2.84. The van der Waals surface area contributed by atoms with Gasteiger partial charge in [-0.05, 0) is 6.07 Å². The van der Waals surface area contributed by atoms with Crippen molar-refractivity contribution in [1.29, 1.82) is 0 Å². The van der Waals surface area contributed by atoms with Crippen LogP contribution in [0.4, 0.5) is 5.82 Å². The van der Waals surface area contributed by atoms with Gasteiger partial charge in [-0.25, -0.2) is 0 Å². The topological polar surface area (TPSA) is 78.7 Å². The lowest BCUT2D eigenvalue weighted by atomic mass is 10.2. The number of hydrogen-bond acceptors (Lipinski definition) is 6. The molecule has 0 saturated carbocycles. The van der Waals surface area contributed by atoms with E-state index in [4.69, 9.17) is 21.4 Å². The predicted octanol–water partition coefficient (Wildman–Crippen LogP) is -0.180. The summed E-state index contributed by atoms with van der Waals surface area (Å²) in [5.41, 5.74) is 0.628. The van der Waals surface area contributed by atoms with Gasteiger partial charge in [-0.15, -0.1) is 10.2 Å². The van der Waals surface area contributed by atoms with Gasteiger partial charge in [0.2, 0.25) is 0 Å². The van der Waals surface area contributed by atoms with Crippen molar-refractivity contribution < 1.29 is 14.9 Å². The summed E-state index contributed by atoms with van der Waals surface area (Å²) in [6.07, 6.45) is -0.229. The molecule has 2 heterocycles. The van der Waals surface area contributed by atoms with Gasteiger partial charge in [-0.1, -0.05) is 11.6 Å². The van der Waals surface area contributed by atoms with Crippen molar-refractivity contribution in [1.82, 2.24) is 10.2 Å². The number of aromatic nitrogens is 2. The second-order valence-corrected chi connectivity index (χ2v) is 4.18. The Balaban J connectivity index is 2.20. The van der Waals surface area contributed by atoms with Crippen molar-refractivity contribution in [3.05, 3.63) is 16.8 Å². The molecule has 1 fully saturated rings. The molecule has 0 aliphatic carbocycles. The first-order valence-electron chi connectivity index (χ1n) is 5.35. The van der Waals surface area contributed by atoms with Crippen LogP contribution in [0.15, 0.2) is 6.07 Å². The zero-order valence-electron chi connectivity index (χ0n) is 9.21. The van der Waals surface area contributed by atoms with Crippen molar-refractivity contribution in [2.45, 2.75) is 12.7 Å². The molecule has 17 heavy (non-hydrogen) atoms. The van der Waals surface area contributed by atoms with Crippen LogP contribution in [0, 0.1) is 0 Å². The second kappa shape index (κ2) is 5.59. The van der Waals surface area contributed by atoms with Crippen LogP contribution in [0.1, 0.15) is 5.56 Å². The molecule has 1 aromatic rings. The second-order valence-electron chi connectivity index (χ2n) is 3.80. The highest BCUT2D eigenvalue weighted by atomic mass is 35.5. The summed E-state index contributed by atoms with van der Waals surface area (Å²) in [6.45, 7) is 1.51. The molecular weight excluding hydrogens is 246 g/mol. The Kier molecular flexibility index (Phi) is 4.11. The van der Waals surface area contributed by atoms with Crippen LogP contribution in [0.25, 0.3) is 0 Å². The molecule has 0 unspecified atom stereocenters. The molecule has 1 aliphatic heterocycles. The molecule has 0 bridgehead atoms. The summed E-state index contributed by atoms with van der Waals surface area (Å²) in [4.78, 5) is 1.93. The van der Waals surface area contributed by atoms with Crippen LogP contribution in [-0.2, 0) is 11.3 Å². The first-order valence-corrected chi connectivity index (χ1v) is 5.72. The summed E-state index contributed by atoms with van der Waals surface area (Å²) in [7, 11) is 0. The van der Waals surface area contributed by atoms with E-state index in [0.717, 1.165) is 0 Å². The van der Waals surface area contributed by atoms with E-state index in [9.17, 15) is 5.11 Å². The molecule has 0 radical (unpaired) electrons. The Labute approximate surface area is 104 Å². The Morgan fingerprint density at radius 2 is 2.29 bits per heavy atom. The van der Waals surface area contributed by atoms with Crippen LogP contribution in [0.3, 0.4) is 0 Å². The van der Waals surface area contributed by atoms with Crippen LogP contribution >= 0.6 is 11.6 Å². The van der Waals surface area contributed by atoms with Crippen molar-refractivity contribution in [3.8, 4) is 0 Å². The Morgan fingerprint density at radius 3 is 3.00 bits per heavy atom. The van der Waals surface area contributed by atoms with E-state index in [1.807, 2.05) is 4.90 Å². The maximum Gasteiger partial charge on any atom is 0.157 e. The maximum atomic E-state index is 9.26. The van der Waals surface area contributed by atoms with Gasteiger partial charge >= 0.3 is 0 Å². The first-order chi connectivity index (χ1) is 8.24. The molecule has 2 N–H and O–H groups in total. The fraction of sp³-hybridized carbons (Fsp3) is 0.600. The number of morpholine rings is 1. The maximum absolute atomic E-state index is 9.26. The van der Waals surface area contributed by atoms with Gasteiger partial charge < -0.3 is 19.8 Å². The van der Waals surface area contributed by atoms with Crippen LogP contribution < -0.4 is 4.90 Å². The smallest absolute Gasteiger partial charge is 0.157 e. The van der Waals surface area contributed by atoms with Crippen molar-refractivity contribution in [3.63, 3.8) is 0 Å². The van der Waals surface area contributed by atoms with Gasteiger partial charge in [0.25, 0.3) is 0 Å². The lowest BCUT2D eigenvalue weighted by molar-refractivity contribution is 0.00322. The van der Waals surface area contributed by atoms with E-state index >= 15 is 0 Å². The number of rotatable bonds is 3. The number of aliphatic hydroxyl groups is 2. The lowest BCUT2D eigenvalue weighted by Gasteiger charge is -2.33. The summed E-state index contributed by atoms with van der Waals surface area (Å²) in [6, 6.07) is 1.59. The third-order valence-electron chi connectivity index (χ3n) is 2.63. The van der Waals surface area contributed by atoms with Crippen molar-refractivity contribution >= 4 is 17.4 Å². The molecule has 1 atom stereocenters. The molecule has 1 saturated heterocycles. The van der Waals surface area contributed by atoms with Crippen molar-refractivity contribution in [2.75, 3.05) is 31.2 Å². The van der Waals surface area contributed by atoms with E-state index in [0.29, 0.717) is 31.1 Å². The molecule has 7 heteroatoms. The molecule has 1 aromatic heterocycles. The highest BCUT2D eigenvalue weighted by molar-refractivity contribution is 6.29. The SMILES string of the molecule is OCc1cc(Cl)nnc1N1CCO[C@H](CO)C1. The summed E-state index contributed by atoms with van der Waals surface area (Å²) < 4.78 is 5.35. The highest BCUT2D eigenvalue weighted by Crippen LogP contribution is 2.21. The lowest BCUT2D eigenvalue weighted by Crippen LogP contribution is -2.45. The zero-order valence-corrected chi connectivity index (χ0v) is 9.97. The molecule has 0 aromatic carbocycles. The quantitative estimate of drug-likeness (QED) is 0.784. The number of anilines is 1. The van der Waals surface area contributed by atoms with Gasteiger partial charge in [-0.3, -0.25) is 0 Å². The Hall–Kier alpha value is -0.950. The Morgan fingerprint density at radius 1 is 1.47 bits per heavy atom. The van der Waals surface area contributed by atoms with Crippen LogP contribution in [-0.4, -0.2) is 52.8 Å². The molecular formula is C10H14ClN3O3. The summed E-state index contributed by atoms with van der Waals surface area (Å²) in [5.74, 6) is 0.596. The minimum atomic E-state index is -0.229. The minimum Gasteiger partial charge on any atom is -0.394 e. The number of ether oxygens (including phenoxy) is 1. The van der Waals surface area contributed by atoms with E-state index in [1.165, 1.54) is 0 Å².